The van der Waals surface area contributed by atoms with Crippen LogP contribution in [-0.4, -0.2) is 38.3 Å². The minimum Gasteiger partial charge on any atom is -0.313 e. The van der Waals surface area contributed by atoms with Crippen molar-refractivity contribution >= 4 is 0 Å². The van der Waals surface area contributed by atoms with Crippen molar-refractivity contribution in [3.05, 3.63) is 0 Å². The van der Waals surface area contributed by atoms with E-state index in [2.05, 4.69) is 43.6 Å². The van der Waals surface area contributed by atoms with Crippen LogP contribution >= 0.6 is 0 Å². The molecular weight excluding hydrogens is 162 g/mol. The molecule has 0 bridgehead atoms. The summed E-state index contributed by atoms with van der Waals surface area (Å²) in [6.07, 6.45) is 0. The maximum atomic E-state index is 4.39. The maximum absolute atomic E-state index is 4.39. The van der Waals surface area contributed by atoms with E-state index in [4.69, 9.17) is 0 Å². The van der Waals surface area contributed by atoms with Crippen LogP contribution in [0.2, 0.25) is 0 Å². The average Bonchev–Trinajstić information content (AvgIpc) is 2.01. The summed E-state index contributed by atoms with van der Waals surface area (Å²) in [4.78, 5) is 0. The van der Waals surface area contributed by atoms with Gasteiger partial charge in [-0.15, -0.1) is 0 Å². The molecule has 0 fully saturated rings. The fourth-order valence-corrected chi connectivity index (χ4v) is 0.976. The first kappa shape index (κ1) is 12.9. The van der Waals surface area contributed by atoms with Gasteiger partial charge >= 0.3 is 0 Å². The summed E-state index contributed by atoms with van der Waals surface area (Å²) in [5, 5.41) is 11.1. The molecule has 0 spiro atoms. The van der Waals surface area contributed by atoms with E-state index in [-0.39, 0.29) is 0 Å². The van der Waals surface area contributed by atoms with E-state index in [9.17, 15) is 0 Å². The first-order chi connectivity index (χ1) is 6.13. The number of hydrogen-bond acceptors (Lipinski definition) is 2. The van der Waals surface area contributed by atoms with Crippen molar-refractivity contribution in [1.82, 2.24) is 16.0 Å². The lowest BCUT2D eigenvalue weighted by Crippen LogP contribution is -2.33. The molecule has 0 aliphatic carbocycles. The van der Waals surface area contributed by atoms with Crippen molar-refractivity contribution in [2.75, 3.05) is 26.2 Å². The predicted octanol–water partition coefficient (Wildman–Crippen LogP) is 0.587. The fraction of sp³-hybridized carbons (Fsp3) is 1.00. The summed E-state index contributed by atoms with van der Waals surface area (Å²) in [5.74, 6) is 0. The Balaban J connectivity index is 2.92. The van der Waals surface area contributed by atoms with Gasteiger partial charge in [0.25, 0.3) is 0 Å². The molecule has 0 aromatic rings. The highest BCUT2D eigenvalue weighted by molar-refractivity contribution is 4.58. The third-order valence-electron chi connectivity index (χ3n) is 1.65. The van der Waals surface area contributed by atoms with Crippen molar-refractivity contribution in [3.63, 3.8) is 0 Å². The van der Waals surface area contributed by atoms with Crippen LogP contribution in [0.15, 0.2) is 0 Å². The molecule has 0 aliphatic heterocycles. The van der Waals surface area contributed by atoms with E-state index in [1.807, 2.05) is 0 Å². The van der Waals surface area contributed by atoms with Crippen LogP contribution in [0.3, 0.4) is 0 Å². The average molecular weight is 186 g/mol. The number of nitrogens with zero attached hydrogens (tertiary/aromatic N) is 1. The molecule has 0 aromatic heterocycles. The van der Waals surface area contributed by atoms with Gasteiger partial charge in [0.2, 0.25) is 0 Å². The van der Waals surface area contributed by atoms with Crippen LogP contribution in [0.1, 0.15) is 27.7 Å². The molecular formula is C10H24N3. The summed E-state index contributed by atoms with van der Waals surface area (Å²) in [7, 11) is 0. The first-order valence-electron chi connectivity index (χ1n) is 5.23. The van der Waals surface area contributed by atoms with Gasteiger partial charge in [-0.3, -0.25) is 0 Å². The van der Waals surface area contributed by atoms with Crippen LogP contribution < -0.4 is 16.0 Å². The van der Waals surface area contributed by atoms with Gasteiger partial charge in [0, 0.05) is 38.3 Å². The van der Waals surface area contributed by atoms with E-state index in [1.165, 1.54) is 0 Å². The third kappa shape index (κ3) is 11.9. The van der Waals surface area contributed by atoms with E-state index < -0.39 is 0 Å². The molecule has 0 rings (SSSR count). The van der Waals surface area contributed by atoms with Gasteiger partial charge in [0.05, 0.1) is 0 Å². The molecule has 0 saturated heterocycles. The van der Waals surface area contributed by atoms with Crippen molar-refractivity contribution in [2.24, 2.45) is 0 Å². The number of nitrogens with one attached hydrogen (secondary N) is 2. The Morgan fingerprint density at radius 2 is 1.23 bits per heavy atom. The molecule has 1 radical (unpaired) electrons. The summed E-state index contributed by atoms with van der Waals surface area (Å²) in [6, 6.07) is 1.15. The molecule has 0 unspecified atom stereocenters. The highest BCUT2D eigenvalue weighted by Gasteiger charge is 1.93. The zero-order chi connectivity index (χ0) is 10.1. The third-order valence-corrected chi connectivity index (χ3v) is 1.65. The minimum atomic E-state index is 0.573. The highest BCUT2D eigenvalue weighted by Crippen LogP contribution is 1.75. The second-order valence-corrected chi connectivity index (χ2v) is 3.89. The van der Waals surface area contributed by atoms with Crippen molar-refractivity contribution < 1.29 is 0 Å². The molecule has 0 heterocycles. The molecule has 0 aromatic carbocycles. The Morgan fingerprint density at radius 1 is 0.846 bits per heavy atom. The second-order valence-electron chi connectivity index (χ2n) is 3.89. The summed E-state index contributed by atoms with van der Waals surface area (Å²) < 4.78 is 0. The van der Waals surface area contributed by atoms with E-state index in [0.29, 0.717) is 12.1 Å². The normalized spacial score (nSPS) is 11.5. The SMILES string of the molecule is CC(C)NCC[N]CCNC(C)C. The lowest BCUT2D eigenvalue weighted by Gasteiger charge is -2.09. The smallest absolute Gasteiger partial charge is 0.0259 e. The minimum absolute atomic E-state index is 0.573. The second kappa shape index (κ2) is 8.48. The van der Waals surface area contributed by atoms with Gasteiger partial charge in [-0.05, 0) is 0 Å². The zero-order valence-corrected chi connectivity index (χ0v) is 9.43. The summed E-state index contributed by atoms with van der Waals surface area (Å²) in [6.45, 7) is 12.5. The van der Waals surface area contributed by atoms with Crippen molar-refractivity contribution in [3.8, 4) is 0 Å². The lowest BCUT2D eigenvalue weighted by molar-refractivity contribution is 0.523. The largest absolute Gasteiger partial charge is 0.313 e. The van der Waals surface area contributed by atoms with Gasteiger partial charge in [0.1, 0.15) is 0 Å². The van der Waals surface area contributed by atoms with Crippen molar-refractivity contribution in [1.29, 1.82) is 0 Å². The fourth-order valence-electron chi connectivity index (χ4n) is 0.976. The maximum Gasteiger partial charge on any atom is 0.0259 e. The Labute approximate surface area is 82.7 Å². The van der Waals surface area contributed by atoms with Crippen LogP contribution in [-0.2, 0) is 0 Å². The van der Waals surface area contributed by atoms with Gasteiger partial charge in [0.15, 0.2) is 0 Å². The Hall–Kier alpha value is -0.120. The van der Waals surface area contributed by atoms with Crippen LogP contribution in [0.5, 0.6) is 0 Å². The molecule has 13 heavy (non-hydrogen) atoms. The van der Waals surface area contributed by atoms with Gasteiger partial charge in [-0.2, -0.15) is 0 Å². The molecule has 79 valence electrons. The first-order valence-corrected chi connectivity index (χ1v) is 5.23. The lowest BCUT2D eigenvalue weighted by atomic mass is 10.4. The molecule has 3 nitrogen and oxygen atoms in total. The van der Waals surface area contributed by atoms with Crippen LogP contribution in [0, 0.1) is 0 Å². The highest BCUT2D eigenvalue weighted by atomic mass is 15.0. The Kier molecular flexibility index (Phi) is 8.40. The number of hydrogen-bond donors (Lipinski definition) is 2. The zero-order valence-electron chi connectivity index (χ0n) is 9.43. The topological polar surface area (TPSA) is 38.2 Å². The summed E-state index contributed by atoms with van der Waals surface area (Å²) in [5.41, 5.74) is 0. The molecule has 0 amide bonds. The van der Waals surface area contributed by atoms with Gasteiger partial charge in [-0.1, -0.05) is 27.7 Å². The molecule has 0 atom stereocenters. The molecule has 0 saturated carbocycles. The van der Waals surface area contributed by atoms with E-state index in [1.54, 1.807) is 0 Å². The predicted molar refractivity (Wildman–Crippen MR) is 58.1 cm³/mol. The molecule has 0 aliphatic rings. The standard InChI is InChI=1S/C10H24N3/c1-9(2)12-7-5-11-6-8-13-10(3)4/h9-10,12-13H,5-8H2,1-4H3. The van der Waals surface area contributed by atoms with Gasteiger partial charge < -0.3 is 10.6 Å². The summed E-state index contributed by atoms with van der Waals surface area (Å²) >= 11 is 0. The Morgan fingerprint density at radius 3 is 1.54 bits per heavy atom. The quantitative estimate of drug-likeness (QED) is 0.544. The van der Waals surface area contributed by atoms with E-state index >= 15 is 0 Å². The number of rotatable bonds is 8. The molecule has 2 N–H and O–H groups in total. The monoisotopic (exact) mass is 186 g/mol. The van der Waals surface area contributed by atoms with Gasteiger partial charge in [-0.25, -0.2) is 5.32 Å². The van der Waals surface area contributed by atoms with Crippen LogP contribution in [0.4, 0.5) is 0 Å². The van der Waals surface area contributed by atoms with Crippen molar-refractivity contribution in [2.45, 2.75) is 39.8 Å². The Bertz CT molecular complexity index is 90.3. The molecule has 3 heteroatoms. The van der Waals surface area contributed by atoms with E-state index in [0.717, 1.165) is 26.2 Å². The van der Waals surface area contributed by atoms with Crippen LogP contribution in [0.25, 0.3) is 0 Å².